The van der Waals surface area contributed by atoms with Gasteiger partial charge in [0, 0.05) is 9.13 Å². The van der Waals surface area contributed by atoms with Crippen LogP contribution in [0.1, 0.15) is 27.9 Å². The van der Waals surface area contributed by atoms with Gasteiger partial charge in [-0.05, 0) is 34.7 Å². The Morgan fingerprint density at radius 3 is 2.62 bits per heavy atom. The van der Waals surface area contributed by atoms with Crippen LogP contribution in [0.4, 0.5) is 8.78 Å². The van der Waals surface area contributed by atoms with Crippen molar-refractivity contribution in [3.8, 4) is 6.07 Å². The summed E-state index contributed by atoms with van der Waals surface area (Å²) in [5.41, 5.74) is -0.570. The van der Waals surface area contributed by atoms with Gasteiger partial charge in [0.1, 0.15) is 0 Å². The second kappa shape index (κ2) is 5.21. The lowest BCUT2D eigenvalue weighted by Gasteiger charge is -2.09. The molecular formula is C10H6F2INO2. The van der Waals surface area contributed by atoms with E-state index in [1.165, 1.54) is 6.07 Å². The number of benzene rings is 1. The third-order valence-corrected chi connectivity index (χ3v) is 2.73. The second-order valence-electron chi connectivity index (χ2n) is 2.83. The normalized spacial score (nSPS) is 10.0. The van der Waals surface area contributed by atoms with E-state index >= 15 is 0 Å². The maximum absolute atomic E-state index is 12.7. The zero-order chi connectivity index (χ0) is 12.3. The molecule has 0 atom stereocenters. The van der Waals surface area contributed by atoms with E-state index in [2.05, 4.69) is 4.74 Å². The highest BCUT2D eigenvalue weighted by molar-refractivity contribution is 14.1. The van der Waals surface area contributed by atoms with Crippen LogP contribution >= 0.6 is 22.6 Å². The number of halogens is 3. The predicted molar refractivity (Wildman–Crippen MR) is 60.2 cm³/mol. The minimum Gasteiger partial charge on any atom is -0.465 e. The predicted octanol–water partition coefficient (Wildman–Crippen LogP) is 2.89. The van der Waals surface area contributed by atoms with Crippen molar-refractivity contribution in [2.45, 2.75) is 6.43 Å². The molecule has 0 N–H and O–H groups in total. The van der Waals surface area contributed by atoms with Gasteiger partial charge in [-0.2, -0.15) is 5.26 Å². The Bertz CT molecular complexity index is 469. The van der Waals surface area contributed by atoms with Crippen molar-refractivity contribution >= 4 is 28.6 Å². The summed E-state index contributed by atoms with van der Waals surface area (Å²) in [5, 5.41) is 8.64. The van der Waals surface area contributed by atoms with E-state index in [-0.39, 0.29) is 14.7 Å². The topological polar surface area (TPSA) is 50.1 Å². The molecule has 6 heteroatoms. The molecule has 1 aromatic carbocycles. The largest absolute Gasteiger partial charge is 0.465 e. The standard InChI is InChI=1S/C10H6F2INO2/c1-16-10(15)8-6(9(11)12)2-5(4-14)3-7(8)13/h2-3,9H,1H3. The van der Waals surface area contributed by atoms with Gasteiger partial charge in [-0.25, -0.2) is 13.6 Å². The number of carbonyl (C=O) groups is 1. The molecule has 84 valence electrons. The molecule has 0 saturated heterocycles. The van der Waals surface area contributed by atoms with Crippen LogP contribution in [-0.2, 0) is 4.74 Å². The Morgan fingerprint density at radius 1 is 1.56 bits per heavy atom. The first-order chi connectivity index (χ1) is 7.51. The molecule has 0 bridgehead atoms. The molecule has 1 rings (SSSR count). The number of esters is 1. The van der Waals surface area contributed by atoms with Crippen molar-refractivity contribution in [3.05, 3.63) is 32.4 Å². The van der Waals surface area contributed by atoms with E-state index in [1.807, 2.05) is 0 Å². The summed E-state index contributed by atoms with van der Waals surface area (Å²) in [6.45, 7) is 0. The summed E-state index contributed by atoms with van der Waals surface area (Å²) < 4.78 is 30.1. The van der Waals surface area contributed by atoms with E-state index < -0.39 is 18.0 Å². The average Bonchev–Trinajstić information content (AvgIpc) is 2.26. The zero-order valence-corrected chi connectivity index (χ0v) is 10.3. The van der Waals surface area contributed by atoms with Crippen molar-refractivity contribution in [2.75, 3.05) is 7.11 Å². The molecule has 1 aromatic rings. The van der Waals surface area contributed by atoms with E-state index in [0.29, 0.717) is 0 Å². The summed E-state index contributed by atoms with van der Waals surface area (Å²) >= 11 is 1.72. The van der Waals surface area contributed by atoms with Gasteiger partial charge >= 0.3 is 5.97 Å². The number of hydrogen-bond donors (Lipinski definition) is 0. The molecule has 0 amide bonds. The van der Waals surface area contributed by atoms with Gasteiger partial charge in [-0.15, -0.1) is 0 Å². The van der Waals surface area contributed by atoms with Gasteiger partial charge < -0.3 is 4.74 Å². The highest BCUT2D eigenvalue weighted by atomic mass is 127. The van der Waals surface area contributed by atoms with Crippen molar-refractivity contribution < 1.29 is 18.3 Å². The fraction of sp³-hybridized carbons (Fsp3) is 0.200. The fourth-order valence-electron chi connectivity index (χ4n) is 1.18. The lowest BCUT2D eigenvalue weighted by molar-refractivity contribution is 0.0588. The van der Waals surface area contributed by atoms with Crippen LogP contribution in [0.5, 0.6) is 0 Å². The number of nitrogens with zero attached hydrogens (tertiary/aromatic N) is 1. The molecule has 0 aliphatic carbocycles. The van der Waals surface area contributed by atoms with Gasteiger partial charge in [0.25, 0.3) is 6.43 Å². The molecule has 0 saturated carbocycles. The van der Waals surface area contributed by atoms with Crippen LogP contribution in [-0.4, -0.2) is 13.1 Å². The molecule has 0 aliphatic rings. The van der Waals surface area contributed by atoms with Crippen LogP contribution in [0.25, 0.3) is 0 Å². The summed E-state index contributed by atoms with van der Waals surface area (Å²) in [4.78, 5) is 11.3. The molecule has 0 fully saturated rings. The highest BCUT2D eigenvalue weighted by Gasteiger charge is 2.22. The molecule has 0 unspecified atom stereocenters. The van der Waals surface area contributed by atoms with Gasteiger partial charge in [0.05, 0.1) is 24.3 Å². The molecule has 3 nitrogen and oxygen atoms in total. The smallest absolute Gasteiger partial charge is 0.339 e. The van der Waals surface area contributed by atoms with E-state index in [1.54, 1.807) is 28.7 Å². The van der Waals surface area contributed by atoms with Gasteiger partial charge in [0.2, 0.25) is 0 Å². The van der Waals surface area contributed by atoms with E-state index in [9.17, 15) is 13.6 Å². The Kier molecular flexibility index (Phi) is 4.18. The van der Waals surface area contributed by atoms with Crippen molar-refractivity contribution in [2.24, 2.45) is 0 Å². The fourth-order valence-corrected chi connectivity index (χ4v) is 2.05. The molecule has 16 heavy (non-hydrogen) atoms. The van der Waals surface area contributed by atoms with E-state index in [4.69, 9.17) is 5.26 Å². The Morgan fingerprint density at radius 2 is 2.19 bits per heavy atom. The molecule has 0 heterocycles. The number of carbonyl (C=O) groups excluding carboxylic acids is 1. The second-order valence-corrected chi connectivity index (χ2v) is 3.99. The monoisotopic (exact) mass is 337 g/mol. The molecule has 0 spiro atoms. The lowest BCUT2D eigenvalue weighted by Crippen LogP contribution is -2.09. The number of ether oxygens (including phenoxy) is 1. The number of alkyl halides is 2. The van der Waals surface area contributed by atoms with Crippen LogP contribution in [0, 0.1) is 14.9 Å². The van der Waals surface area contributed by atoms with Gasteiger partial charge in [-0.1, -0.05) is 0 Å². The van der Waals surface area contributed by atoms with Crippen molar-refractivity contribution in [3.63, 3.8) is 0 Å². The van der Waals surface area contributed by atoms with Crippen molar-refractivity contribution in [1.29, 1.82) is 5.26 Å². The first-order valence-electron chi connectivity index (χ1n) is 4.11. The summed E-state index contributed by atoms with van der Waals surface area (Å²) in [5.74, 6) is -0.829. The first kappa shape index (κ1) is 12.8. The molecular weight excluding hydrogens is 331 g/mol. The number of hydrogen-bond acceptors (Lipinski definition) is 3. The molecule has 0 radical (unpaired) electrons. The summed E-state index contributed by atoms with van der Waals surface area (Å²) in [6, 6.07) is 4.12. The third kappa shape index (κ3) is 2.47. The average molecular weight is 337 g/mol. The Hall–Kier alpha value is -1.23. The lowest BCUT2D eigenvalue weighted by atomic mass is 10.0. The SMILES string of the molecule is COC(=O)c1c(I)cc(C#N)cc1C(F)F. The van der Waals surface area contributed by atoms with Crippen LogP contribution in [0.3, 0.4) is 0 Å². The minimum absolute atomic E-state index is 0.0901. The quantitative estimate of drug-likeness (QED) is 0.616. The Balaban J connectivity index is 3.47. The van der Waals surface area contributed by atoms with E-state index in [0.717, 1.165) is 13.2 Å². The summed E-state index contributed by atoms with van der Waals surface area (Å²) in [6.07, 6.45) is -2.82. The maximum Gasteiger partial charge on any atom is 0.339 e. The van der Waals surface area contributed by atoms with Gasteiger partial charge in [-0.3, -0.25) is 0 Å². The molecule has 0 aliphatic heterocycles. The third-order valence-electron chi connectivity index (χ3n) is 1.87. The zero-order valence-electron chi connectivity index (χ0n) is 8.13. The first-order valence-corrected chi connectivity index (χ1v) is 5.19. The van der Waals surface area contributed by atoms with Gasteiger partial charge in [0.15, 0.2) is 0 Å². The number of nitriles is 1. The highest BCUT2D eigenvalue weighted by Crippen LogP contribution is 2.28. The maximum atomic E-state index is 12.7. The summed E-state index contributed by atoms with van der Waals surface area (Å²) in [7, 11) is 1.12. The Labute approximate surface area is 104 Å². The van der Waals surface area contributed by atoms with Crippen LogP contribution in [0.15, 0.2) is 12.1 Å². The molecule has 0 aromatic heterocycles. The van der Waals surface area contributed by atoms with Crippen molar-refractivity contribution in [1.82, 2.24) is 0 Å². The number of methoxy groups -OCH3 is 1. The van der Waals surface area contributed by atoms with Crippen LogP contribution in [0.2, 0.25) is 0 Å². The minimum atomic E-state index is -2.82. The number of rotatable bonds is 2. The van der Waals surface area contributed by atoms with Crippen LogP contribution < -0.4 is 0 Å².